The summed E-state index contributed by atoms with van der Waals surface area (Å²) in [7, 11) is 0. The Morgan fingerprint density at radius 3 is 2.47 bits per heavy atom. The van der Waals surface area contributed by atoms with Gasteiger partial charge in [-0.3, -0.25) is 9.59 Å². The van der Waals surface area contributed by atoms with Crippen molar-refractivity contribution in [2.75, 3.05) is 13.1 Å². The van der Waals surface area contributed by atoms with Crippen molar-refractivity contribution in [2.24, 2.45) is 11.7 Å². The minimum Gasteiger partial charge on any atom is -0.481 e. The summed E-state index contributed by atoms with van der Waals surface area (Å²) < 4.78 is 0. The summed E-state index contributed by atoms with van der Waals surface area (Å²) in [6.07, 6.45) is 3.41. The molecule has 0 aliphatic carbocycles. The maximum Gasteiger partial charge on any atom is 0.303 e. The summed E-state index contributed by atoms with van der Waals surface area (Å²) in [6.45, 7) is 3.69. The van der Waals surface area contributed by atoms with Gasteiger partial charge in [-0.15, -0.1) is 0 Å². The number of amides is 1. The van der Waals surface area contributed by atoms with Crippen LogP contribution in [0.25, 0.3) is 0 Å². The first kappa shape index (κ1) is 14.0. The summed E-state index contributed by atoms with van der Waals surface area (Å²) in [4.78, 5) is 24.1. The fraction of sp³-hybridized carbons (Fsp3) is 0.833. The number of aliphatic carboxylic acids is 1. The van der Waals surface area contributed by atoms with Crippen molar-refractivity contribution in [3.8, 4) is 0 Å². The van der Waals surface area contributed by atoms with Gasteiger partial charge in [0.1, 0.15) is 0 Å². The quantitative estimate of drug-likeness (QED) is 0.748. The maximum atomic E-state index is 11.9. The summed E-state index contributed by atoms with van der Waals surface area (Å²) in [6, 6.07) is -0.663. The lowest BCUT2D eigenvalue weighted by Gasteiger charge is -2.33. The lowest BCUT2D eigenvalue weighted by Crippen LogP contribution is -2.47. The Morgan fingerprint density at radius 2 is 2.00 bits per heavy atom. The van der Waals surface area contributed by atoms with Gasteiger partial charge in [-0.05, 0) is 25.2 Å². The minimum atomic E-state index is -0.905. The molecule has 1 heterocycles. The van der Waals surface area contributed by atoms with Crippen LogP contribution in [0, 0.1) is 5.92 Å². The Kier molecular flexibility index (Phi) is 5.41. The minimum absolute atomic E-state index is 0.0433. The predicted molar refractivity (Wildman–Crippen MR) is 64.4 cm³/mol. The van der Waals surface area contributed by atoms with E-state index in [1.165, 1.54) is 0 Å². The molecule has 0 aromatic rings. The number of likely N-dealkylation sites (tertiary alicyclic amines) is 1. The van der Waals surface area contributed by atoms with E-state index in [9.17, 15) is 9.59 Å². The van der Waals surface area contributed by atoms with Gasteiger partial charge in [0.25, 0.3) is 0 Å². The van der Waals surface area contributed by atoms with Crippen LogP contribution in [0.2, 0.25) is 0 Å². The molecule has 1 atom stereocenters. The fourth-order valence-corrected chi connectivity index (χ4v) is 2.20. The second-order valence-corrected chi connectivity index (χ2v) is 4.72. The number of rotatable bonds is 5. The topological polar surface area (TPSA) is 83.6 Å². The summed E-state index contributed by atoms with van der Waals surface area (Å²) in [5.74, 6) is -0.284. The molecule has 0 radical (unpaired) electrons. The van der Waals surface area contributed by atoms with Crippen LogP contribution in [0.1, 0.15) is 39.0 Å². The molecule has 17 heavy (non-hydrogen) atoms. The molecule has 0 bridgehead atoms. The van der Waals surface area contributed by atoms with Gasteiger partial charge in [-0.2, -0.15) is 0 Å². The van der Waals surface area contributed by atoms with Crippen molar-refractivity contribution >= 4 is 11.9 Å². The van der Waals surface area contributed by atoms with Crippen LogP contribution in [0.3, 0.4) is 0 Å². The van der Waals surface area contributed by atoms with Crippen LogP contribution in [0.4, 0.5) is 0 Å². The average molecular weight is 242 g/mol. The van der Waals surface area contributed by atoms with E-state index in [1.807, 2.05) is 0 Å². The first-order valence-electron chi connectivity index (χ1n) is 6.30. The van der Waals surface area contributed by atoms with Gasteiger partial charge in [-0.1, -0.05) is 13.3 Å². The molecule has 98 valence electrons. The highest BCUT2D eigenvalue weighted by molar-refractivity contribution is 5.82. The Morgan fingerprint density at radius 1 is 1.41 bits per heavy atom. The zero-order valence-electron chi connectivity index (χ0n) is 10.4. The van der Waals surface area contributed by atoms with Crippen molar-refractivity contribution in [3.63, 3.8) is 0 Å². The zero-order valence-corrected chi connectivity index (χ0v) is 10.4. The number of carboxylic acid groups (broad SMARTS) is 1. The molecule has 1 unspecified atom stereocenters. The second kappa shape index (κ2) is 6.59. The Hall–Kier alpha value is -1.10. The molecular formula is C12H22N2O3. The molecule has 5 nitrogen and oxygen atoms in total. The molecule has 1 amide bonds. The monoisotopic (exact) mass is 242 g/mol. The van der Waals surface area contributed by atoms with E-state index in [-0.39, 0.29) is 18.7 Å². The molecule has 3 N–H and O–H groups in total. The van der Waals surface area contributed by atoms with E-state index in [2.05, 4.69) is 6.92 Å². The summed E-state index contributed by atoms with van der Waals surface area (Å²) in [5.41, 5.74) is 5.71. The number of carbonyl (C=O) groups excluding carboxylic acids is 1. The lowest BCUT2D eigenvalue weighted by molar-refractivity contribution is -0.138. The van der Waals surface area contributed by atoms with Gasteiger partial charge in [0.2, 0.25) is 5.91 Å². The van der Waals surface area contributed by atoms with Gasteiger partial charge in [0, 0.05) is 19.5 Å². The first-order valence-corrected chi connectivity index (χ1v) is 6.30. The second-order valence-electron chi connectivity index (χ2n) is 4.72. The largest absolute Gasteiger partial charge is 0.481 e. The van der Waals surface area contributed by atoms with Crippen molar-refractivity contribution in [3.05, 3.63) is 0 Å². The Balaban J connectivity index is 2.34. The number of piperidine rings is 1. The van der Waals surface area contributed by atoms with Crippen LogP contribution in [0.15, 0.2) is 0 Å². The van der Waals surface area contributed by atoms with Crippen molar-refractivity contribution in [1.29, 1.82) is 0 Å². The molecule has 1 rings (SSSR count). The highest BCUT2D eigenvalue weighted by atomic mass is 16.4. The number of hydrogen-bond donors (Lipinski definition) is 2. The van der Waals surface area contributed by atoms with Crippen molar-refractivity contribution < 1.29 is 14.7 Å². The molecule has 0 saturated carbocycles. The van der Waals surface area contributed by atoms with Crippen LogP contribution < -0.4 is 5.73 Å². The number of nitrogens with two attached hydrogens (primary N) is 1. The van der Waals surface area contributed by atoms with E-state index in [4.69, 9.17) is 10.8 Å². The SMILES string of the molecule is CCC1CCN(C(=O)C(N)CCC(=O)O)CC1. The first-order chi connectivity index (χ1) is 8.04. The number of carboxylic acids is 1. The van der Waals surface area contributed by atoms with Gasteiger partial charge in [-0.25, -0.2) is 0 Å². The van der Waals surface area contributed by atoms with Crippen LogP contribution >= 0.6 is 0 Å². The van der Waals surface area contributed by atoms with E-state index >= 15 is 0 Å². The van der Waals surface area contributed by atoms with Gasteiger partial charge >= 0.3 is 5.97 Å². The van der Waals surface area contributed by atoms with Crippen molar-refractivity contribution in [2.45, 2.75) is 45.1 Å². The van der Waals surface area contributed by atoms with E-state index < -0.39 is 12.0 Å². The molecule has 1 fully saturated rings. The lowest BCUT2D eigenvalue weighted by atomic mass is 9.94. The standard InChI is InChI=1S/C12H22N2O3/c1-2-9-5-7-14(8-6-9)12(17)10(13)3-4-11(15)16/h9-10H,2-8,13H2,1H3,(H,15,16). The van der Waals surface area contributed by atoms with Crippen LogP contribution in [0.5, 0.6) is 0 Å². The molecule has 1 saturated heterocycles. The van der Waals surface area contributed by atoms with Gasteiger partial charge < -0.3 is 15.7 Å². The third kappa shape index (κ3) is 4.34. The third-order valence-electron chi connectivity index (χ3n) is 3.49. The van der Waals surface area contributed by atoms with Gasteiger partial charge in [0.15, 0.2) is 0 Å². The average Bonchev–Trinajstić information content (AvgIpc) is 2.35. The molecule has 0 aromatic heterocycles. The molecule has 0 spiro atoms. The number of hydrogen-bond acceptors (Lipinski definition) is 3. The smallest absolute Gasteiger partial charge is 0.303 e. The summed E-state index contributed by atoms with van der Waals surface area (Å²) >= 11 is 0. The Bertz CT molecular complexity index is 273. The van der Waals surface area contributed by atoms with Crippen molar-refractivity contribution in [1.82, 2.24) is 4.90 Å². The predicted octanol–water partition coefficient (Wildman–Crippen LogP) is 0.827. The van der Waals surface area contributed by atoms with Gasteiger partial charge in [0.05, 0.1) is 6.04 Å². The maximum absolute atomic E-state index is 11.9. The number of carbonyl (C=O) groups is 2. The highest BCUT2D eigenvalue weighted by Gasteiger charge is 2.25. The van der Waals surface area contributed by atoms with E-state index in [0.717, 1.165) is 32.4 Å². The molecule has 1 aliphatic rings. The van der Waals surface area contributed by atoms with Crippen LogP contribution in [-0.2, 0) is 9.59 Å². The zero-order chi connectivity index (χ0) is 12.8. The molecule has 5 heteroatoms. The van der Waals surface area contributed by atoms with E-state index in [1.54, 1.807) is 4.90 Å². The number of nitrogens with zero attached hydrogens (tertiary/aromatic N) is 1. The Labute approximate surface area is 102 Å². The fourth-order valence-electron chi connectivity index (χ4n) is 2.20. The summed E-state index contributed by atoms with van der Waals surface area (Å²) in [5, 5.41) is 8.54. The van der Waals surface area contributed by atoms with Crippen LogP contribution in [-0.4, -0.2) is 41.0 Å². The molecular weight excluding hydrogens is 220 g/mol. The normalized spacial score (nSPS) is 19.1. The highest BCUT2D eigenvalue weighted by Crippen LogP contribution is 2.20. The van der Waals surface area contributed by atoms with E-state index in [0.29, 0.717) is 5.92 Å². The molecule has 0 aromatic carbocycles. The third-order valence-corrected chi connectivity index (χ3v) is 3.49. The molecule has 1 aliphatic heterocycles.